The van der Waals surface area contributed by atoms with E-state index in [-0.39, 0.29) is 12.0 Å². The van der Waals surface area contributed by atoms with Crippen LogP contribution in [-0.4, -0.2) is 36.2 Å². The Morgan fingerprint density at radius 2 is 1.81 bits per heavy atom. The van der Waals surface area contributed by atoms with Crippen molar-refractivity contribution in [1.29, 1.82) is 0 Å². The predicted molar refractivity (Wildman–Crippen MR) is 115 cm³/mol. The molecule has 0 unspecified atom stereocenters. The van der Waals surface area contributed by atoms with Crippen LogP contribution in [0.3, 0.4) is 0 Å². The second kappa shape index (κ2) is 6.87. The first kappa shape index (κ1) is 19.0. The van der Waals surface area contributed by atoms with Gasteiger partial charge in [-0.25, -0.2) is 19.4 Å². The Balaban J connectivity index is 1.49. The van der Waals surface area contributed by atoms with Gasteiger partial charge in [-0.2, -0.15) is 0 Å². The fourth-order valence-corrected chi connectivity index (χ4v) is 4.23. The van der Waals surface area contributed by atoms with Crippen molar-refractivity contribution in [3.05, 3.63) is 71.6 Å². The van der Waals surface area contributed by atoms with Crippen LogP contribution in [0.1, 0.15) is 23.6 Å². The lowest BCUT2D eigenvalue weighted by Crippen LogP contribution is -2.38. The SMILES string of the molecule is CC1(C#Cc2ccc3c(c2)[C@]2(COC=N2)c2cc(-c4cncnc4)c(F)cc2O3)COC1. The van der Waals surface area contributed by atoms with E-state index in [4.69, 9.17) is 19.2 Å². The molecule has 1 aromatic heterocycles. The minimum absolute atomic E-state index is 0.116. The Morgan fingerprint density at radius 1 is 1.00 bits per heavy atom. The summed E-state index contributed by atoms with van der Waals surface area (Å²) in [5.74, 6) is 7.17. The lowest BCUT2D eigenvalue weighted by atomic mass is 9.79. The molecule has 0 N–H and O–H groups in total. The normalized spacial score (nSPS) is 21.4. The van der Waals surface area contributed by atoms with Gasteiger partial charge in [0.1, 0.15) is 30.3 Å². The maximum absolute atomic E-state index is 15.0. The zero-order valence-electron chi connectivity index (χ0n) is 17.3. The Bertz CT molecular complexity index is 1330. The van der Waals surface area contributed by atoms with Crippen molar-refractivity contribution in [2.45, 2.75) is 12.5 Å². The summed E-state index contributed by atoms with van der Waals surface area (Å²) in [6, 6.07) is 8.88. The molecule has 1 spiro atoms. The fourth-order valence-electron chi connectivity index (χ4n) is 4.23. The van der Waals surface area contributed by atoms with Gasteiger partial charge in [-0.05, 0) is 31.2 Å². The molecule has 158 valence electrons. The number of fused-ring (bicyclic) bond motifs is 4. The minimum Gasteiger partial charge on any atom is -0.480 e. The fraction of sp³-hybridized carbons (Fsp3) is 0.240. The predicted octanol–water partition coefficient (Wildman–Crippen LogP) is 4.08. The van der Waals surface area contributed by atoms with E-state index in [0.717, 1.165) is 16.7 Å². The molecule has 0 saturated carbocycles. The molecule has 1 saturated heterocycles. The number of nitrogens with zero attached hydrogens (tertiary/aromatic N) is 3. The van der Waals surface area contributed by atoms with E-state index >= 15 is 0 Å². The summed E-state index contributed by atoms with van der Waals surface area (Å²) in [5.41, 5.74) is 2.41. The first-order chi connectivity index (χ1) is 15.6. The molecule has 6 nitrogen and oxygen atoms in total. The second-order valence-electron chi connectivity index (χ2n) is 8.48. The van der Waals surface area contributed by atoms with Crippen LogP contribution in [0.25, 0.3) is 11.1 Å². The van der Waals surface area contributed by atoms with E-state index in [9.17, 15) is 4.39 Å². The van der Waals surface area contributed by atoms with Crippen LogP contribution in [0.4, 0.5) is 4.39 Å². The van der Waals surface area contributed by atoms with Crippen molar-refractivity contribution >= 4 is 6.40 Å². The van der Waals surface area contributed by atoms with E-state index < -0.39 is 11.4 Å². The van der Waals surface area contributed by atoms with Gasteiger partial charge in [-0.15, -0.1) is 0 Å². The van der Waals surface area contributed by atoms with Gasteiger partial charge in [0.15, 0.2) is 11.9 Å². The molecule has 1 fully saturated rings. The zero-order valence-corrected chi connectivity index (χ0v) is 17.3. The molecule has 0 radical (unpaired) electrons. The monoisotopic (exact) mass is 427 g/mol. The summed E-state index contributed by atoms with van der Waals surface area (Å²) >= 11 is 0. The van der Waals surface area contributed by atoms with Crippen LogP contribution in [0, 0.1) is 23.1 Å². The molecule has 3 aliphatic rings. The first-order valence-corrected chi connectivity index (χ1v) is 10.2. The summed E-state index contributed by atoms with van der Waals surface area (Å²) in [6.07, 6.45) is 6.01. The summed E-state index contributed by atoms with van der Waals surface area (Å²) < 4.78 is 32.0. The van der Waals surface area contributed by atoms with Crippen LogP contribution < -0.4 is 4.74 Å². The number of rotatable bonds is 1. The van der Waals surface area contributed by atoms with E-state index in [2.05, 4.69) is 28.7 Å². The average Bonchev–Trinajstić information content (AvgIpc) is 3.27. The van der Waals surface area contributed by atoms with Gasteiger partial charge in [-0.1, -0.05) is 11.8 Å². The Labute approximate surface area is 184 Å². The maximum Gasteiger partial charge on any atom is 0.170 e. The second-order valence-corrected chi connectivity index (χ2v) is 8.48. The molecule has 0 bridgehead atoms. The van der Waals surface area contributed by atoms with Gasteiger partial charge >= 0.3 is 0 Å². The third-order valence-corrected chi connectivity index (χ3v) is 6.02. The van der Waals surface area contributed by atoms with Crippen LogP contribution >= 0.6 is 0 Å². The summed E-state index contributed by atoms with van der Waals surface area (Å²) in [4.78, 5) is 12.7. The number of ether oxygens (including phenoxy) is 3. The smallest absolute Gasteiger partial charge is 0.170 e. The molecule has 6 rings (SSSR count). The van der Waals surface area contributed by atoms with Gasteiger partial charge in [0.2, 0.25) is 0 Å². The lowest BCUT2D eigenvalue weighted by Gasteiger charge is -2.34. The standard InChI is InChI=1S/C25H18FN3O3/c1-24(11-30-12-24)5-4-16-2-3-22-19(6-16)25(13-31-15-29-25)20-7-18(17-9-27-14-28-10-17)21(26)8-23(20)32-22/h2-3,6-10,14-15H,11-13H2,1H3/t25-/m1/s1. The quantitative estimate of drug-likeness (QED) is 0.548. The van der Waals surface area contributed by atoms with Crippen LogP contribution in [0.2, 0.25) is 0 Å². The Morgan fingerprint density at radius 3 is 2.53 bits per heavy atom. The van der Waals surface area contributed by atoms with Gasteiger partial charge in [0.25, 0.3) is 0 Å². The van der Waals surface area contributed by atoms with Gasteiger partial charge in [0.05, 0.1) is 18.6 Å². The van der Waals surface area contributed by atoms with Crippen molar-refractivity contribution < 1.29 is 18.6 Å². The zero-order chi connectivity index (χ0) is 21.8. The Kier molecular flexibility index (Phi) is 4.07. The molecule has 1 atom stereocenters. The molecule has 7 heteroatoms. The summed E-state index contributed by atoms with van der Waals surface area (Å²) in [7, 11) is 0. The van der Waals surface area contributed by atoms with Crippen molar-refractivity contribution in [1.82, 2.24) is 9.97 Å². The molecular weight excluding hydrogens is 409 g/mol. The molecule has 3 aliphatic heterocycles. The highest BCUT2D eigenvalue weighted by Gasteiger charge is 2.46. The van der Waals surface area contributed by atoms with Crippen molar-refractivity contribution in [2.75, 3.05) is 19.8 Å². The number of hydrogen-bond donors (Lipinski definition) is 0. The number of hydrogen-bond acceptors (Lipinski definition) is 6. The van der Waals surface area contributed by atoms with Crippen molar-refractivity contribution in [2.24, 2.45) is 10.4 Å². The molecule has 2 aromatic carbocycles. The largest absolute Gasteiger partial charge is 0.480 e. The van der Waals surface area contributed by atoms with Crippen LogP contribution in [0.5, 0.6) is 11.5 Å². The average molecular weight is 427 g/mol. The molecule has 0 aliphatic carbocycles. The van der Waals surface area contributed by atoms with E-state index in [1.165, 1.54) is 18.8 Å². The molecular formula is C25H18FN3O3. The lowest BCUT2D eigenvalue weighted by molar-refractivity contribution is -0.0648. The van der Waals surface area contributed by atoms with Gasteiger partial charge in [0, 0.05) is 46.3 Å². The summed E-state index contributed by atoms with van der Waals surface area (Å²) in [6.45, 7) is 3.65. The topological polar surface area (TPSA) is 65.8 Å². The third-order valence-electron chi connectivity index (χ3n) is 6.02. The van der Waals surface area contributed by atoms with E-state index in [1.54, 1.807) is 18.5 Å². The van der Waals surface area contributed by atoms with E-state index in [0.29, 0.717) is 35.8 Å². The first-order valence-electron chi connectivity index (χ1n) is 10.2. The summed E-state index contributed by atoms with van der Waals surface area (Å²) in [5, 5.41) is 0. The number of benzene rings is 2. The highest BCUT2D eigenvalue weighted by atomic mass is 19.1. The van der Waals surface area contributed by atoms with Crippen molar-refractivity contribution in [3.63, 3.8) is 0 Å². The molecule has 3 aromatic rings. The maximum atomic E-state index is 15.0. The van der Waals surface area contributed by atoms with Crippen LogP contribution in [0.15, 0.2) is 54.0 Å². The van der Waals surface area contributed by atoms with E-state index in [1.807, 2.05) is 18.2 Å². The third kappa shape index (κ3) is 2.88. The molecule has 4 heterocycles. The van der Waals surface area contributed by atoms with Crippen molar-refractivity contribution in [3.8, 4) is 34.5 Å². The van der Waals surface area contributed by atoms with Gasteiger partial charge < -0.3 is 14.2 Å². The highest BCUT2D eigenvalue weighted by Crippen LogP contribution is 2.51. The minimum atomic E-state index is -0.845. The van der Waals surface area contributed by atoms with Gasteiger partial charge in [-0.3, -0.25) is 0 Å². The number of aromatic nitrogens is 2. The Hall–Kier alpha value is -3.76. The molecule has 32 heavy (non-hydrogen) atoms. The van der Waals surface area contributed by atoms with Crippen LogP contribution in [-0.2, 0) is 15.0 Å². The number of aliphatic imine (C=N–C) groups is 1. The molecule has 0 amide bonds. The number of halogens is 1. The highest BCUT2D eigenvalue weighted by molar-refractivity contribution is 5.71.